The number of amides is 1. The van der Waals surface area contributed by atoms with Crippen LogP contribution in [0.25, 0.3) is 0 Å². The van der Waals surface area contributed by atoms with Crippen molar-refractivity contribution in [3.05, 3.63) is 54.1 Å². The fourth-order valence-electron chi connectivity index (χ4n) is 2.51. The van der Waals surface area contributed by atoms with Crippen LogP contribution in [0.1, 0.15) is 44.0 Å². The molecule has 0 aliphatic carbocycles. The van der Waals surface area contributed by atoms with Gasteiger partial charge in [-0.3, -0.25) is 10.1 Å². The lowest BCUT2D eigenvalue weighted by Gasteiger charge is -2.12. The Morgan fingerprint density at radius 3 is 2.48 bits per heavy atom. The van der Waals surface area contributed by atoms with Gasteiger partial charge in [-0.1, -0.05) is 26.8 Å². The SMILES string of the molecule is CCCNS(=O)(=O)c1ccc(NC(=S)NC(=O)c2cccc(OCCC(C)C)c2)cc1. The van der Waals surface area contributed by atoms with E-state index >= 15 is 0 Å². The molecule has 0 atom stereocenters. The highest BCUT2D eigenvalue weighted by molar-refractivity contribution is 7.89. The standard InChI is InChI=1S/C22H29N3O4S2/c1-4-13-23-31(27,28)20-10-8-18(9-11-20)24-22(30)25-21(26)17-6-5-7-19(15-17)29-14-12-16(2)3/h5-11,15-16,23H,4,12-14H2,1-3H3,(H2,24,25,26,30). The van der Waals surface area contributed by atoms with Gasteiger partial charge in [0.05, 0.1) is 11.5 Å². The molecule has 3 N–H and O–H groups in total. The van der Waals surface area contributed by atoms with Crippen molar-refractivity contribution >= 4 is 38.9 Å². The van der Waals surface area contributed by atoms with Crippen LogP contribution in [0.5, 0.6) is 5.75 Å². The van der Waals surface area contributed by atoms with Gasteiger partial charge in [-0.2, -0.15) is 0 Å². The molecule has 0 aromatic heterocycles. The van der Waals surface area contributed by atoms with E-state index in [1.54, 1.807) is 36.4 Å². The summed E-state index contributed by atoms with van der Waals surface area (Å²) in [5.41, 5.74) is 0.986. The van der Waals surface area contributed by atoms with Crippen molar-refractivity contribution < 1.29 is 17.9 Å². The summed E-state index contributed by atoms with van der Waals surface area (Å²) in [7, 11) is -3.53. The highest BCUT2D eigenvalue weighted by atomic mass is 32.2. The van der Waals surface area contributed by atoms with Crippen LogP contribution in [0, 0.1) is 5.92 Å². The van der Waals surface area contributed by atoms with Gasteiger partial charge in [0.15, 0.2) is 5.11 Å². The lowest BCUT2D eigenvalue weighted by Crippen LogP contribution is -2.34. The smallest absolute Gasteiger partial charge is 0.257 e. The highest BCUT2D eigenvalue weighted by Gasteiger charge is 2.13. The zero-order valence-corrected chi connectivity index (χ0v) is 19.6. The Balaban J connectivity index is 1.93. The molecule has 0 saturated heterocycles. The van der Waals surface area contributed by atoms with Crippen LogP contribution in [0.15, 0.2) is 53.4 Å². The number of sulfonamides is 1. The minimum atomic E-state index is -3.53. The van der Waals surface area contributed by atoms with Crippen molar-refractivity contribution in [1.29, 1.82) is 0 Å². The first kappa shape index (κ1) is 24.8. The molecule has 0 unspecified atom stereocenters. The van der Waals surface area contributed by atoms with E-state index in [1.165, 1.54) is 12.1 Å². The predicted octanol–water partition coefficient (Wildman–Crippen LogP) is 3.93. The highest BCUT2D eigenvalue weighted by Crippen LogP contribution is 2.16. The number of hydrogen-bond donors (Lipinski definition) is 3. The maximum Gasteiger partial charge on any atom is 0.257 e. The third-order valence-electron chi connectivity index (χ3n) is 4.25. The molecular formula is C22H29N3O4S2. The van der Waals surface area contributed by atoms with E-state index in [2.05, 4.69) is 29.2 Å². The second-order valence-corrected chi connectivity index (χ2v) is 9.56. The van der Waals surface area contributed by atoms with Gasteiger partial charge in [-0.15, -0.1) is 0 Å². The number of thiocarbonyl (C=S) groups is 1. The number of carbonyl (C=O) groups excluding carboxylic acids is 1. The van der Waals surface area contributed by atoms with Crippen molar-refractivity contribution in [3.63, 3.8) is 0 Å². The quantitative estimate of drug-likeness (QED) is 0.462. The minimum Gasteiger partial charge on any atom is -0.494 e. The number of anilines is 1. The van der Waals surface area contributed by atoms with Gasteiger partial charge in [0, 0.05) is 17.8 Å². The van der Waals surface area contributed by atoms with E-state index in [-0.39, 0.29) is 15.9 Å². The monoisotopic (exact) mass is 463 g/mol. The lowest BCUT2D eigenvalue weighted by molar-refractivity contribution is 0.0977. The average molecular weight is 464 g/mol. The van der Waals surface area contributed by atoms with E-state index in [0.29, 0.717) is 42.5 Å². The van der Waals surface area contributed by atoms with Crippen molar-refractivity contribution in [2.45, 2.75) is 38.5 Å². The van der Waals surface area contributed by atoms with E-state index in [0.717, 1.165) is 6.42 Å². The zero-order chi connectivity index (χ0) is 22.9. The minimum absolute atomic E-state index is 0.107. The lowest BCUT2D eigenvalue weighted by atomic mass is 10.1. The molecule has 1 amide bonds. The number of ether oxygens (including phenoxy) is 1. The maximum absolute atomic E-state index is 12.5. The summed E-state index contributed by atoms with van der Waals surface area (Å²) >= 11 is 5.20. The summed E-state index contributed by atoms with van der Waals surface area (Å²) in [5.74, 6) is 0.798. The molecule has 0 spiro atoms. The fraction of sp³-hybridized carbons (Fsp3) is 0.364. The first-order chi connectivity index (χ1) is 14.7. The molecule has 7 nitrogen and oxygen atoms in total. The molecule has 2 rings (SSSR count). The van der Waals surface area contributed by atoms with Gasteiger partial charge < -0.3 is 10.1 Å². The van der Waals surface area contributed by atoms with E-state index in [4.69, 9.17) is 17.0 Å². The third kappa shape index (κ3) is 8.28. The third-order valence-corrected chi connectivity index (χ3v) is 5.93. The van der Waals surface area contributed by atoms with Crippen LogP contribution in [0.4, 0.5) is 5.69 Å². The van der Waals surface area contributed by atoms with Crippen molar-refractivity contribution in [2.24, 2.45) is 5.92 Å². The number of hydrogen-bond acceptors (Lipinski definition) is 5. The van der Waals surface area contributed by atoms with Crippen molar-refractivity contribution in [3.8, 4) is 5.75 Å². The van der Waals surface area contributed by atoms with E-state index in [1.807, 2.05) is 6.92 Å². The Hall–Kier alpha value is -2.49. The normalized spacial score (nSPS) is 11.2. The molecule has 0 radical (unpaired) electrons. The molecule has 0 heterocycles. The largest absolute Gasteiger partial charge is 0.494 e. The molecule has 0 aliphatic heterocycles. The molecule has 2 aromatic rings. The number of carbonyl (C=O) groups is 1. The Morgan fingerprint density at radius 1 is 1.13 bits per heavy atom. The van der Waals surface area contributed by atoms with Gasteiger partial charge in [0.1, 0.15) is 5.75 Å². The maximum atomic E-state index is 12.5. The van der Waals surface area contributed by atoms with Gasteiger partial charge in [-0.25, -0.2) is 13.1 Å². The fourth-order valence-corrected chi connectivity index (χ4v) is 3.86. The molecular weight excluding hydrogens is 434 g/mol. The Kier molecular flexibility index (Phi) is 9.42. The number of rotatable bonds is 10. The first-order valence-electron chi connectivity index (χ1n) is 10.2. The van der Waals surface area contributed by atoms with Gasteiger partial charge in [-0.05, 0) is 73.4 Å². The molecule has 31 heavy (non-hydrogen) atoms. The van der Waals surface area contributed by atoms with E-state index in [9.17, 15) is 13.2 Å². The van der Waals surface area contributed by atoms with Crippen LogP contribution in [-0.2, 0) is 10.0 Å². The summed E-state index contributed by atoms with van der Waals surface area (Å²) < 4.78 is 32.5. The van der Waals surface area contributed by atoms with Crippen LogP contribution in [-0.4, -0.2) is 32.6 Å². The van der Waals surface area contributed by atoms with Gasteiger partial charge in [0.2, 0.25) is 10.0 Å². The predicted molar refractivity (Wildman–Crippen MR) is 127 cm³/mol. The topological polar surface area (TPSA) is 96.5 Å². The summed E-state index contributed by atoms with van der Waals surface area (Å²) in [6.07, 6.45) is 1.64. The van der Waals surface area contributed by atoms with Crippen LogP contribution < -0.4 is 20.1 Å². The molecule has 9 heteroatoms. The first-order valence-corrected chi connectivity index (χ1v) is 12.1. The Morgan fingerprint density at radius 2 is 1.84 bits per heavy atom. The van der Waals surface area contributed by atoms with Gasteiger partial charge >= 0.3 is 0 Å². The second-order valence-electron chi connectivity index (χ2n) is 7.39. The van der Waals surface area contributed by atoms with Crippen molar-refractivity contribution in [1.82, 2.24) is 10.0 Å². The second kappa shape index (κ2) is 11.8. The Labute approximate surface area is 189 Å². The summed E-state index contributed by atoms with van der Waals surface area (Å²) in [5, 5.41) is 5.60. The van der Waals surface area contributed by atoms with Crippen LogP contribution >= 0.6 is 12.2 Å². The summed E-state index contributed by atoms with van der Waals surface area (Å²) in [6, 6.07) is 13.0. The number of nitrogens with one attached hydrogen (secondary N) is 3. The average Bonchev–Trinajstić information content (AvgIpc) is 2.72. The molecule has 0 bridgehead atoms. The molecule has 2 aromatic carbocycles. The molecule has 0 aliphatic rings. The van der Waals surface area contributed by atoms with Crippen LogP contribution in [0.2, 0.25) is 0 Å². The summed E-state index contributed by atoms with van der Waals surface area (Å²) in [4.78, 5) is 12.6. The number of benzene rings is 2. The zero-order valence-electron chi connectivity index (χ0n) is 18.0. The summed E-state index contributed by atoms with van der Waals surface area (Å²) in [6.45, 7) is 7.10. The Bertz CT molecular complexity index is 990. The van der Waals surface area contributed by atoms with E-state index < -0.39 is 10.0 Å². The van der Waals surface area contributed by atoms with Gasteiger partial charge in [0.25, 0.3) is 5.91 Å². The molecule has 0 saturated carbocycles. The molecule has 0 fully saturated rings. The molecule has 168 valence electrons. The van der Waals surface area contributed by atoms with Crippen LogP contribution in [0.3, 0.4) is 0 Å². The van der Waals surface area contributed by atoms with Crippen molar-refractivity contribution in [2.75, 3.05) is 18.5 Å².